The van der Waals surface area contributed by atoms with Gasteiger partial charge in [0.25, 0.3) is 0 Å². The predicted octanol–water partition coefficient (Wildman–Crippen LogP) is 2.21. The van der Waals surface area contributed by atoms with Gasteiger partial charge < -0.3 is 15.8 Å². The Bertz CT molecular complexity index is 290. The fourth-order valence-corrected chi connectivity index (χ4v) is 2.72. The maximum atomic E-state index is 11.6. The van der Waals surface area contributed by atoms with Crippen molar-refractivity contribution in [2.75, 3.05) is 6.61 Å². The van der Waals surface area contributed by atoms with Crippen LogP contribution < -0.4 is 11.1 Å². The van der Waals surface area contributed by atoms with E-state index in [4.69, 9.17) is 10.5 Å². The Labute approximate surface area is 117 Å². The van der Waals surface area contributed by atoms with Crippen molar-refractivity contribution in [3.05, 3.63) is 0 Å². The van der Waals surface area contributed by atoms with Gasteiger partial charge in [-0.25, -0.2) is 0 Å². The first kappa shape index (κ1) is 16.4. The first-order valence-corrected chi connectivity index (χ1v) is 7.52. The van der Waals surface area contributed by atoms with Crippen molar-refractivity contribution < 1.29 is 9.53 Å². The van der Waals surface area contributed by atoms with Crippen molar-refractivity contribution >= 4 is 5.91 Å². The Hall–Kier alpha value is -0.610. The molecule has 2 unspecified atom stereocenters. The van der Waals surface area contributed by atoms with E-state index in [-0.39, 0.29) is 18.1 Å². The molecule has 4 heteroatoms. The third kappa shape index (κ3) is 5.49. The summed E-state index contributed by atoms with van der Waals surface area (Å²) < 4.78 is 5.83. The highest BCUT2D eigenvalue weighted by molar-refractivity contribution is 5.84. The Morgan fingerprint density at radius 3 is 2.47 bits per heavy atom. The third-order valence-corrected chi connectivity index (χ3v) is 4.00. The molecule has 0 heterocycles. The van der Waals surface area contributed by atoms with Crippen LogP contribution in [0.4, 0.5) is 0 Å². The second kappa shape index (κ2) is 7.25. The van der Waals surface area contributed by atoms with Crippen molar-refractivity contribution in [1.82, 2.24) is 5.32 Å². The zero-order valence-electron chi connectivity index (χ0n) is 12.9. The first-order valence-electron chi connectivity index (χ1n) is 7.52. The van der Waals surface area contributed by atoms with E-state index in [9.17, 15) is 4.79 Å². The number of nitrogens with one attached hydrogen (secondary N) is 1. The molecule has 3 N–H and O–H groups in total. The number of rotatable bonds is 9. The monoisotopic (exact) mass is 270 g/mol. The molecule has 1 saturated carbocycles. The zero-order valence-corrected chi connectivity index (χ0v) is 12.9. The van der Waals surface area contributed by atoms with E-state index in [1.807, 2.05) is 27.7 Å². The molecule has 112 valence electrons. The highest BCUT2D eigenvalue weighted by Crippen LogP contribution is 2.29. The van der Waals surface area contributed by atoms with Crippen LogP contribution in [-0.4, -0.2) is 30.2 Å². The van der Waals surface area contributed by atoms with E-state index in [1.54, 1.807) is 0 Å². The molecular formula is C15H30N2O2. The molecule has 1 amide bonds. The first-order chi connectivity index (χ1) is 8.83. The van der Waals surface area contributed by atoms with E-state index in [2.05, 4.69) is 5.32 Å². The fraction of sp³-hybridized carbons (Fsp3) is 0.933. The topological polar surface area (TPSA) is 64.3 Å². The minimum Gasteiger partial charge on any atom is -0.378 e. The SMILES string of the molecule is CC(C)NC(C)(CC(C)OCCC1CCC1)C(N)=O. The van der Waals surface area contributed by atoms with Gasteiger partial charge >= 0.3 is 0 Å². The molecule has 1 fully saturated rings. The van der Waals surface area contributed by atoms with Gasteiger partial charge in [-0.2, -0.15) is 0 Å². The lowest BCUT2D eigenvalue weighted by atomic mass is 9.83. The summed E-state index contributed by atoms with van der Waals surface area (Å²) in [5.74, 6) is 0.555. The average Bonchev–Trinajstić information content (AvgIpc) is 2.20. The van der Waals surface area contributed by atoms with Crippen LogP contribution in [0.15, 0.2) is 0 Å². The molecule has 0 aromatic heterocycles. The number of carbonyl (C=O) groups is 1. The van der Waals surface area contributed by atoms with E-state index in [1.165, 1.54) is 19.3 Å². The molecule has 2 atom stereocenters. The number of amides is 1. The van der Waals surface area contributed by atoms with Gasteiger partial charge in [0.1, 0.15) is 0 Å². The van der Waals surface area contributed by atoms with Gasteiger partial charge in [-0.15, -0.1) is 0 Å². The maximum absolute atomic E-state index is 11.6. The zero-order chi connectivity index (χ0) is 14.5. The minimum absolute atomic E-state index is 0.0452. The van der Waals surface area contributed by atoms with Crippen LogP contribution in [0.3, 0.4) is 0 Å². The van der Waals surface area contributed by atoms with Gasteiger partial charge in [0.2, 0.25) is 5.91 Å². The lowest BCUT2D eigenvalue weighted by Crippen LogP contribution is -2.57. The summed E-state index contributed by atoms with van der Waals surface area (Å²) in [6.07, 6.45) is 5.89. The van der Waals surface area contributed by atoms with Gasteiger partial charge in [-0.05, 0) is 40.0 Å². The van der Waals surface area contributed by atoms with Crippen LogP contribution in [0, 0.1) is 5.92 Å². The van der Waals surface area contributed by atoms with Crippen LogP contribution in [-0.2, 0) is 9.53 Å². The number of carbonyl (C=O) groups excluding carboxylic acids is 1. The summed E-state index contributed by atoms with van der Waals surface area (Å²) in [6, 6.07) is 0.222. The van der Waals surface area contributed by atoms with E-state index < -0.39 is 5.54 Å². The molecule has 4 nitrogen and oxygen atoms in total. The molecule has 1 rings (SSSR count). The second-order valence-corrected chi connectivity index (χ2v) is 6.47. The van der Waals surface area contributed by atoms with Crippen molar-refractivity contribution in [2.24, 2.45) is 11.7 Å². The standard InChI is InChI=1S/C15H30N2O2/c1-11(2)17-15(4,14(16)18)10-12(3)19-9-8-13-6-5-7-13/h11-13,17H,5-10H2,1-4H3,(H2,16,18). The number of hydrogen-bond acceptors (Lipinski definition) is 3. The predicted molar refractivity (Wildman–Crippen MR) is 77.9 cm³/mol. The normalized spacial score (nSPS) is 20.9. The molecule has 1 aliphatic carbocycles. The van der Waals surface area contributed by atoms with Crippen LogP contribution in [0.1, 0.15) is 59.8 Å². The van der Waals surface area contributed by atoms with Crippen LogP contribution in [0.5, 0.6) is 0 Å². The van der Waals surface area contributed by atoms with E-state index in [0.29, 0.717) is 6.42 Å². The summed E-state index contributed by atoms with van der Waals surface area (Å²) >= 11 is 0. The van der Waals surface area contributed by atoms with Gasteiger partial charge in [-0.3, -0.25) is 4.79 Å². The Kier molecular flexibility index (Phi) is 6.27. The lowest BCUT2D eigenvalue weighted by molar-refractivity contribution is -0.125. The second-order valence-electron chi connectivity index (χ2n) is 6.47. The van der Waals surface area contributed by atoms with E-state index in [0.717, 1.165) is 18.9 Å². The smallest absolute Gasteiger partial charge is 0.237 e. The Balaban J connectivity index is 2.33. The molecular weight excluding hydrogens is 240 g/mol. The minimum atomic E-state index is -0.690. The molecule has 0 aliphatic heterocycles. The molecule has 0 radical (unpaired) electrons. The highest BCUT2D eigenvalue weighted by atomic mass is 16.5. The molecule has 0 aromatic carbocycles. The molecule has 19 heavy (non-hydrogen) atoms. The summed E-state index contributed by atoms with van der Waals surface area (Å²) in [5.41, 5.74) is 4.83. The van der Waals surface area contributed by atoms with Crippen LogP contribution in [0.2, 0.25) is 0 Å². The number of primary amides is 1. The molecule has 1 aliphatic rings. The van der Waals surface area contributed by atoms with Gasteiger partial charge in [0, 0.05) is 19.1 Å². The Morgan fingerprint density at radius 2 is 2.05 bits per heavy atom. The van der Waals surface area contributed by atoms with Gasteiger partial charge in [0.05, 0.1) is 11.6 Å². The number of ether oxygens (including phenoxy) is 1. The van der Waals surface area contributed by atoms with Gasteiger partial charge in [-0.1, -0.05) is 19.3 Å². The third-order valence-electron chi connectivity index (χ3n) is 4.00. The summed E-state index contributed by atoms with van der Waals surface area (Å²) in [4.78, 5) is 11.6. The number of nitrogens with two attached hydrogens (primary N) is 1. The molecule has 0 aromatic rings. The summed E-state index contributed by atoms with van der Waals surface area (Å²) in [6.45, 7) is 8.71. The van der Waals surface area contributed by atoms with E-state index >= 15 is 0 Å². The van der Waals surface area contributed by atoms with Crippen molar-refractivity contribution in [3.8, 4) is 0 Å². The maximum Gasteiger partial charge on any atom is 0.237 e. The lowest BCUT2D eigenvalue weighted by Gasteiger charge is -2.32. The summed E-state index contributed by atoms with van der Waals surface area (Å²) in [7, 11) is 0. The fourth-order valence-electron chi connectivity index (χ4n) is 2.72. The largest absolute Gasteiger partial charge is 0.378 e. The van der Waals surface area contributed by atoms with Crippen molar-refractivity contribution in [2.45, 2.75) is 77.5 Å². The highest BCUT2D eigenvalue weighted by Gasteiger charge is 2.33. The Morgan fingerprint density at radius 1 is 1.42 bits per heavy atom. The quantitative estimate of drug-likeness (QED) is 0.675. The van der Waals surface area contributed by atoms with Gasteiger partial charge in [0.15, 0.2) is 0 Å². The number of hydrogen-bond donors (Lipinski definition) is 2. The van der Waals surface area contributed by atoms with Crippen molar-refractivity contribution in [1.29, 1.82) is 0 Å². The van der Waals surface area contributed by atoms with Crippen LogP contribution >= 0.6 is 0 Å². The molecule has 0 spiro atoms. The average molecular weight is 270 g/mol. The molecule has 0 bridgehead atoms. The van der Waals surface area contributed by atoms with Crippen molar-refractivity contribution in [3.63, 3.8) is 0 Å². The van der Waals surface area contributed by atoms with Crippen LogP contribution in [0.25, 0.3) is 0 Å². The molecule has 0 saturated heterocycles. The summed E-state index contributed by atoms with van der Waals surface area (Å²) in [5, 5.41) is 3.25.